The topological polar surface area (TPSA) is 140 Å². The Morgan fingerprint density at radius 2 is 1.96 bits per heavy atom. The number of aromatic nitrogens is 2. The van der Waals surface area contributed by atoms with Gasteiger partial charge in [-0.25, -0.2) is 4.79 Å². The molecule has 2 heterocycles. The second-order valence-corrected chi connectivity index (χ2v) is 4.71. The number of rotatable bonds is 3. The summed E-state index contributed by atoms with van der Waals surface area (Å²) in [5, 5.41) is 3.38. The highest BCUT2D eigenvalue weighted by Crippen LogP contribution is 2.31. The number of nitrogens with one attached hydrogen (secondary N) is 2. The van der Waals surface area contributed by atoms with Gasteiger partial charge in [0, 0.05) is 6.07 Å². The van der Waals surface area contributed by atoms with Crippen LogP contribution in [0.15, 0.2) is 45.0 Å². The second kappa shape index (κ2) is 5.79. The van der Waals surface area contributed by atoms with E-state index in [1.165, 1.54) is 0 Å². The van der Waals surface area contributed by atoms with Gasteiger partial charge in [0.1, 0.15) is 6.61 Å². The fourth-order valence-electron chi connectivity index (χ4n) is 2.16. The third kappa shape index (κ3) is 2.84. The molecule has 0 saturated carbocycles. The van der Waals surface area contributed by atoms with E-state index in [0.29, 0.717) is 11.5 Å². The van der Waals surface area contributed by atoms with Gasteiger partial charge in [0.25, 0.3) is 5.56 Å². The van der Waals surface area contributed by atoms with Crippen molar-refractivity contribution in [2.24, 2.45) is 10.9 Å². The Morgan fingerprint density at radius 1 is 1.22 bits per heavy atom. The van der Waals surface area contributed by atoms with Crippen LogP contribution in [0.3, 0.4) is 0 Å². The summed E-state index contributed by atoms with van der Waals surface area (Å²) < 4.78 is 11.0. The molecule has 4 N–H and O–H groups in total. The minimum absolute atomic E-state index is 0.0394. The highest BCUT2D eigenvalue weighted by atomic mass is 16.6. The van der Waals surface area contributed by atoms with E-state index in [-0.39, 0.29) is 18.0 Å². The van der Waals surface area contributed by atoms with Crippen molar-refractivity contribution in [3.8, 4) is 11.5 Å². The molecule has 9 heteroatoms. The van der Waals surface area contributed by atoms with Gasteiger partial charge in [0.15, 0.2) is 23.3 Å². The van der Waals surface area contributed by atoms with E-state index in [2.05, 4.69) is 10.1 Å². The summed E-state index contributed by atoms with van der Waals surface area (Å²) in [4.78, 5) is 39.5. The molecule has 0 bridgehead atoms. The Kier molecular flexibility index (Phi) is 3.67. The smallest absolute Gasteiger partial charge is 0.326 e. The zero-order valence-corrected chi connectivity index (χ0v) is 11.7. The monoisotopic (exact) mass is 316 g/mol. The minimum Gasteiger partial charge on any atom is -0.485 e. The number of carbonyl (C=O) groups is 1. The maximum Gasteiger partial charge on any atom is 0.326 e. The number of aromatic amines is 2. The summed E-state index contributed by atoms with van der Waals surface area (Å²) in [6.07, 6.45) is -0.991. The number of H-pyrrole nitrogens is 2. The number of nitrogens with zero attached hydrogens (tertiary/aromatic N) is 1. The lowest BCUT2D eigenvalue weighted by Crippen LogP contribution is -2.42. The first-order valence-electron chi connectivity index (χ1n) is 6.63. The molecule has 0 amide bonds. The predicted octanol–water partition coefficient (Wildman–Crippen LogP) is -0.865. The summed E-state index contributed by atoms with van der Waals surface area (Å²) in [5.74, 6) is 5.57. The summed E-state index contributed by atoms with van der Waals surface area (Å²) in [6, 6.07) is 7.90. The summed E-state index contributed by atoms with van der Waals surface area (Å²) in [7, 11) is 0. The van der Waals surface area contributed by atoms with E-state index < -0.39 is 23.1 Å². The van der Waals surface area contributed by atoms with Crippen LogP contribution in [0.25, 0.3) is 0 Å². The van der Waals surface area contributed by atoms with Gasteiger partial charge in [-0.15, -0.1) is 0 Å². The number of Topliss-reactive ketones (excluding diaryl/α,β-unsaturated/α-hetero) is 1. The van der Waals surface area contributed by atoms with Crippen LogP contribution in [0, 0.1) is 0 Å². The van der Waals surface area contributed by atoms with Crippen molar-refractivity contribution >= 4 is 11.5 Å². The maximum atomic E-state index is 12.5. The van der Waals surface area contributed by atoms with E-state index in [9.17, 15) is 14.4 Å². The standard InChI is InChI=1S/C14H12N4O5/c15-18-12(7-5-11(19)17-14(21)16-7)13(20)10-6-22-8-3-1-2-4-9(8)23-10/h1-5,10H,6,15H2,(H2,16,17,19,21)/b18-12+. The van der Waals surface area contributed by atoms with Crippen LogP contribution in [-0.2, 0) is 4.79 Å². The number of carbonyl (C=O) groups excluding carboxylic acids is 1. The molecular formula is C14H12N4O5. The molecular weight excluding hydrogens is 304 g/mol. The van der Waals surface area contributed by atoms with Gasteiger partial charge in [-0.05, 0) is 12.1 Å². The molecule has 0 saturated heterocycles. The molecule has 23 heavy (non-hydrogen) atoms. The summed E-state index contributed by atoms with van der Waals surface area (Å²) in [5.41, 5.74) is -1.81. The van der Waals surface area contributed by atoms with Gasteiger partial charge in [-0.2, -0.15) is 5.10 Å². The SMILES string of the molecule is N/N=C(/C(=O)C1COc2ccccc2O1)c1cc(=O)[nH]c(=O)[nH]1. The van der Waals surface area contributed by atoms with E-state index in [1.807, 2.05) is 4.98 Å². The van der Waals surface area contributed by atoms with Crippen LogP contribution in [-0.4, -0.2) is 34.2 Å². The van der Waals surface area contributed by atoms with E-state index >= 15 is 0 Å². The van der Waals surface area contributed by atoms with Crippen molar-refractivity contribution in [2.75, 3.05) is 6.61 Å². The third-order valence-corrected chi connectivity index (χ3v) is 3.18. The molecule has 0 aliphatic carbocycles. The van der Waals surface area contributed by atoms with Gasteiger partial charge in [-0.3, -0.25) is 14.6 Å². The van der Waals surface area contributed by atoms with E-state index in [4.69, 9.17) is 15.3 Å². The van der Waals surface area contributed by atoms with Crippen LogP contribution < -0.4 is 26.6 Å². The largest absolute Gasteiger partial charge is 0.485 e. The Balaban J connectivity index is 1.90. The lowest BCUT2D eigenvalue weighted by atomic mass is 10.1. The molecule has 1 aliphatic heterocycles. The number of para-hydroxylation sites is 2. The maximum absolute atomic E-state index is 12.5. The summed E-state index contributed by atoms with van der Waals surface area (Å²) >= 11 is 0. The van der Waals surface area contributed by atoms with Gasteiger partial charge >= 0.3 is 5.69 Å². The van der Waals surface area contributed by atoms with Gasteiger partial charge in [0.05, 0.1) is 5.69 Å². The summed E-state index contributed by atoms with van der Waals surface area (Å²) in [6.45, 7) is -0.0394. The Labute approximate surface area is 128 Å². The molecule has 1 aromatic heterocycles. The van der Waals surface area contributed by atoms with Crippen molar-refractivity contribution in [2.45, 2.75) is 6.10 Å². The molecule has 9 nitrogen and oxygen atoms in total. The average Bonchev–Trinajstić information content (AvgIpc) is 2.54. The minimum atomic E-state index is -0.991. The van der Waals surface area contributed by atoms with Gasteiger partial charge in [0.2, 0.25) is 5.78 Å². The van der Waals surface area contributed by atoms with Gasteiger partial charge < -0.3 is 20.3 Å². The number of benzene rings is 1. The van der Waals surface area contributed by atoms with Crippen molar-refractivity contribution < 1.29 is 14.3 Å². The second-order valence-electron chi connectivity index (χ2n) is 4.71. The molecule has 1 aliphatic rings. The van der Waals surface area contributed by atoms with Crippen molar-refractivity contribution in [3.05, 3.63) is 56.9 Å². The van der Waals surface area contributed by atoms with Crippen LogP contribution in [0.4, 0.5) is 0 Å². The van der Waals surface area contributed by atoms with Crippen LogP contribution in [0.5, 0.6) is 11.5 Å². The highest BCUT2D eigenvalue weighted by Gasteiger charge is 2.31. The molecule has 1 atom stereocenters. The first kappa shape index (κ1) is 14.6. The van der Waals surface area contributed by atoms with Gasteiger partial charge in [-0.1, -0.05) is 12.1 Å². The molecule has 0 spiro atoms. The van der Waals surface area contributed by atoms with Crippen molar-refractivity contribution in [1.82, 2.24) is 9.97 Å². The Bertz CT molecular complexity index is 870. The van der Waals surface area contributed by atoms with E-state index in [0.717, 1.165) is 6.07 Å². The number of ketones is 1. The van der Waals surface area contributed by atoms with Crippen LogP contribution in [0.1, 0.15) is 5.69 Å². The van der Waals surface area contributed by atoms with Crippen molar-refractivity contribution in [1.29, 1.82) is 0 Å². The third-order valence-electron chi connectivity index (χ3n) is 3.18. The van der Waals surface area contributed by atoms with Crippen LogP contribution in [0.2, 0.25) is 0 Å². The number of nitrogens with two attached hydrogens (primary N) is 1. The lowest BCUT2D eigenvalue weighted by molar-refractivity contribution is -0.121. The average molecular weight is 316 g/mol. The molecule has 0 radical (unpaired) electrons. The van der Waals surface area contributed by atoms with E-state index in [1.54, 1.807) is 24.3 Å². The number of hydrazone groups is 1. The Hall–Kier alpha value is -3.36. The fraction of sp³-hybridized carbons (Fsp3) is 0.143. The zero-order chi connectivity index (χ0) is 16.4. The number of ether oxygens (including phenoxy) is 2. The highest BCUT2D eigenvalue weighted by molar-refractivity contribution is 6.47. The Morgan fingerprint density at radius 3 is 2.65 bits per heavy atom. The van der Waals surface area contributed by atoms with Crippen molar-refractivity contribution in [3.63, 3.8) is 0 Å². The first-order valence-corrected chi connectivity index (χ1v) is 6.63. The number of fused-ring (bicyclic) bond motifs is 1. The number of hydrogen-bond donors (Lipinski definition) is 3. The molecule has 1 aromatic carbocycles. The molecule has 0 fully saturated rings. The molecule has 3 rings (SSSR count). The molecule has 2 aromatic rings. The van der Waals surface area contributed by atoms with Crippen LogP contribution >= 0.6 is 0 Å². The molecule has 118 valence electrons. The fourth-order valence-corrected chi connectivity index (χ4v) is 2.16. The lowest BCUT2D eigenvalue weighted by Gasteiger charge is -2.25. The number of hydrogen-bond acceptors (Lipinski definition) is 7. The molecule has 1 unspecified atom stereocenters. The quantitative estimate of drug-likeness (QED) is 0.382. The zero-order valence-electron chi connectivity index (χ0n) is 11.7. The first-order chi connectivity index (χ1) is 11.1. The predicted molar refractivity (Wildman–Crippen MR) is 79.8 cm³/mol. The normalized spacial score (nSPS) is 16.9.